The van der Waals surface area contributed by atoms with Crippen molar-refractivity contribution < 1.29 is 0 Å². The van der Waals surface area contributed by atoms with Crippen LogP contribution in [0.15, 0.2) is 24.5 Å². The van der Waals surface area contributed by atoms with E-state index in [-0.39, 0.29) is 6.04 Å². The van der Waals surface area contributed by atoms with E-state index in [1.807, 2.05) is 34.5 Å². The summed E-state index contributed by atoms with van der Waals surface area (Å²) in [5.41, 5.74) is 1.99. The van der Waals surface area contributed by atoms with Crippen molar-refractivity contribution in [2.45, 2.75) is 6.04 Å². The van der Waals surface area contributed by atoms with Gasteiger partial charge in [-0.05, 0) is 18.2 Å². The number of rotatable bonds is 0. The number of benzene rings is 1. The minimum absolute atomic E-state index is 0.200. The molecule has 1 fully saturated rings. The second-order valence-corrected chi connectivity index (χ2v) is 6.33. The van der Waals surface area contributed by atoms with Gasteiger partial charge in [-0.3, -0.25) is 4.57 Å². The van der Waals surface area contributed by atoms with Crippen molar-refractivity contribution in [2.24, 2.45) is 0 Å². The van der Waals surface area contributed by atoms with Crippen LogP contribution in [0.2, 0.25) is 5.02 Å². The van der Waals surface area contributed by atoms with Crippen molar-refractivity contribution in [3.63, 3.8) is 0 Å². The third-order valence-corrected chi connectivity index (χ3v) is 5.17. The van der Waals surface area contributed by atoms with Gasteiger partial charge < -0.3 is 4.90 Å². The molecule has 4 nitrogen and oxygen atoms in total. The lowest BCUT2D eigenvalue weighted by Gasteiger charge is -2.22. The largest absolute Gasteiger partial charge is 0.342 e. The van der Waals surface area contributed by atoms with Gasteiger partial charge in [-0.1, -0.05) is 23.8 Å². The predicted octanol–water partition coefficient (Wildman–Crippen LogP) is 2.66. The number of thioether (sulfide) groups is 1. The number of hydrogen-bond acceptors (Lipinski definition) is 4. The lowest BCUT2D eigenvalue weighted by molar-refractivity contribution is 0.405. The normalized spacial score (nSPS) is 20.8. The molecule has 1 aromatic heterocycles. The second-order valence-electron chi connectivity index (χ2n) is 4.51. The molecule has 2 aliphatic rings. The molecule has 19 heavy (non-hydrogen) atoms. The van der Waals surface area contributed by atoms with E-state index in [4.69, 9.17) is 23.8 Å². The fourth-order valence-electron chi connectivity index (χ4n) is 2.56. The van der Waals surface area contributed by atoms with E-state index in [1.54, 1.807) is 6.33 Å². The van der Waals surface area contributed by atoms with Crippen molar-refractivity contribution in [2.75, 3.05) is 11.6 Å². The zero-order valence-electron chi connectivity index (χ0n) is 9.78. The van der Waals surface area contributed by atoms with Gasteiger partial charge in [0.1, 0.15) is 17.4 Å². The molecule has 1 unspecified atom stereocenters. The molecule has 0 N–H and O–H groups in total. The smallest absolute Gasteiger partial charge is 0.161 e. The molecule has 2 aliphatic heterocycles. The number of halogens is 1. The average Bonchev–Trinajstić information content (AvgIpc) is 3.04. The van der Waals surface area contributed by atoms with Gasteiger partial charge in [-0.25, -0.2) is 0 Å². The molecular formula is C12H9ClN4S2. The van der Waals surface area contributed by atoms with Crippen LogP contribution in [0.25, 0.3) is 5.69 Å². The van der Waals surface area contributed by atoms with Gasteiger partial charge in [-0.15, -0.1) is 22.0 Å². The van der Waals surface area contributed by atoms with Crippen molar-refractivity contribution >= 4 is 40.6 Å². The Morgan fingerprint density at radius 2 is 2.32 bits per heavy atom. The quantitative estimate of drug-likeness (QED) is 0.699. The number of aromatic nitrogens is 3. The monoisotopic (exact) mass is 308 g/mol. The van der Waals surface area contributed by atoms with Crippen LogP contribution in [0.1, 0.15) is 17.4 Å². The van der Waals surface area contributed by atoms with E-state index in [0.717, 1.165) is 33.7 Å². The topological polar surface area (TPSA) is 34.0 Å². The molecule has 0 aliphatic carbocycles. The Morgan fingerprint density at radius 1 is 1.42 bits per heavy atom. The highest BCUT2D eigenvalue weighted by Crippen LogP contribution is 2.38. The Labute approximate surface area is 124 Å². The Hall–Kier alpha value is -1.11. The van der Waals surface area contributed by atoms with Crippen LogP contribution < -0.4 is 0 Å². The highest BCUT2D eigenvalue weighted by atomic mass is 35.5. The number of fused-ring (bicyclic) bond motifs is 5. The Kier molecular flexibility index (Phi) is 2.58. The van der Waals surface area contributed by atoms with Crippen molar-refractivity contribution in [1.29, 1.82) is 0 Å². The zero-order valence-corrected chi connectivity index (χ0v) is 12.2. The van der Waals surface area contributed by atoms with Crippen LogP contribution in [0.5, 0.6) is 0 Å². The molecular weight excluding hydrogens is 300 g/mol. The Bertz CT molecular complexity index is 684. The van der Waals surface area contributed by atoms with Gasteiger partial charge in [0.15, 0.2) is 5.82 Å². The summed E-state index contributed by atoms with van der Waals surface area (Å²) >= 11 is 13.6. The summed E-state index contributed by atoms with van der Waals surface area (Å²) in [5, 5.41) is 9.03. The van der Waals surface area contributed by atoms with Crippen LogP contribution >= 0.6 is 35.6 Å². The van der Waals surface area contributed by atoms with Crippen molar-refractivity contribution in [3.8, 4) is 5.69 Å². The minimum Gasteiger partial charge on any atom is -0.342 e. The lowest BCUT2D eigenvalue weighted by Crippen LogP contribution is -2.29. The first-order valence-corrected chi connectivity index (χ1v) is 7.78. The van der Waals surface area contributed by atoms with Crippen molar-refractivity contribution in [1.82, 2.24) is 19.7 Å². The summed E-state index contributed by atoms with van der Waals surface area (Å²) in [6, 6.07) is 5.98. The fourth-order valence-corrected chi connectivity index (χ4v) is 4.33. The number of thiocarbonyl (C=S) groups is 1. The van der Waals surface area contributed by atoms with Gasteiger partial charge in [0.05, 0.1) is 11.6 Å². The average molecular weight is 309 g/mol. The van der Waals surface area contributed by atoms with Crippen LogP contribution in [0.4, 0.5) is 0 Å². The van der Waals surface area contributed by atoms with Gasteiger partial charge >= 0.3 is 0 Å². The molecule has 1 aromatic carbocycles. The molecule has 7 heteroatoms. The predicted molar refractivity (Wildman–Crippen MR) is 80.0 cm³/mol. The standard InChI is InChI=1S/C12H9ClN4S2/c13-7-1-2-9-8(3-7)12(18)17-6-19-4-10(17)11-15-14-5-16(9)11/h1-3,5,10H,4,6H2. The van der Waals surface area contributed by atoms with Gasteiger partial charge in [0, 0.05) is 16.3 Å². The van der Waals surface area contributed by atoms with E-state index in [2.05, 4.69) is 15.1 Å². The molecule has 1 atom stereocenters. The maximum atomic E-state index is 6.12. The molecule has 0 spiro atoms. The van der Waals surface area contributed by atoms with E-state index in [1.165, 1.54) is 0 Å². The molecule has 2 aromatic rings. The number of nitrogens with zero attached hydrogens (tertiary/aromatic N) is 4. The van der Waals surface area contributed by atoms with E-state index in [0.29, 0.717) is 5.02 Å². The third kappa shape index (κ3) is 1.63. The van der Waals surface area contributed by atoms with E-state index in [9.17, 15) is 0 Å². The lowest BCUT2D eigenvalue weighted by atomic mass is 10.1. The van der Waals surface area contributed by atoms with E-state index < -0.39 is 0 Å². The van der Waals surface area contributed by atoms with Gasteiger partial charge in [0.25, 0.3) is 0 Å². The summed E-state index contributed by atoms with van der Waals surface area (Å²) < 4.78 is 2.02. The van der Waals surface area contributed by atoms with Gasteiger partial charge in [-0.2, -0.15) is 0 Å². The minimum atomic E-state index is 0.200. The first-order chi connectivity index (χ1) is 9.25. The fraction of sp³-hybridized carbons (Fsp3) is 0.250. The maximum absolute atomic E-state index is 6.12. The van der Waals surface area contributed by atoms with Crippen LogP contribution in [-0.2, 0) is 0 Å². The second kappa shape index (κ2) is 4.19. The molecule has 96 valence electrons. The highest BCUT2D eigenvalue weighted by molar-refractivity contribution is 7.99. The highest BCUT2D eigenvalue weighted by Gasteiger charge is 2.36. The summed E-state index contributed by atoms with van der Waals surface area (Å²) in [4.78, 5) is 3.06. The molecule has 1 saturated heterocycles. The van der Waals surface area contributed by atoms with Crippen LogP contribution in [0, 0.1) is 0 Å². The SMILES string of the molecule is S=C1c2cc(Cl)ccc2-n2cnnc2C2CSCN12. The molecule has 0 saturated carbocycles. The molecule has 0 radical (unpaired) electrons. The maximum Gasteiger partial charge on any atom is 0.161 e. The van der Waals surface area contributed by atoms with Gasteiger partial charge in [0.2, 0.25) is 0 Å². The zero-order chi connectivity index (χ0) is 13.0. The Balaban J connectivity index is 2.03. The summed E-state index contributed by atoms with van der Waals surface area (Å²) in [5.74, 6) is 2.83. The van der Waals surface area contributed by atoms with Crippen molar-refractivity contribution in [3.05, 3.63) is 40.9 Å². The molecule has 0 bridgehead atoms. The van der Waals surface area contributed by atoms with E-state index >= 15 is 0 Å². The summed E-state index contributed by atoms with van der Waals surface area (Å²) in [6.07, 6.45) is 1.75. The molecule has 4 rings (SSSR count). The van der Waals surface area contributed by atoms with Crippen LogP contribution in [-0.4, -0.2) is 36.3 Å². The Morgan fingerprint density at radius 3 is 3.21 bits per heavy atom. The summed E-state index contributed by atoms with van der Waals surface area (Å²) in [6.45, 7) is 0. The third-order valence-electron chi connectivity index (χ3n) is 3.46. The van der Waals surface area contributed by atoms with Crippen LogP contribution in [0.3, 0.4) is 0 Å². The first kappa shape index (κ1) is 11.7. The first-order valence-electron chi connectivity index (χ1n) is 5.84. The molecule has 0 amide bonds. The number of hydrogen-bond donors (Lipinski definition) is 0. The molecule has 3 heterocycles. The summed E-state index contributed by atoms with van der Waals surface area (Å²) in [7, 11) is 0.